The predicted octanol–water partition coefficient (Wildman–Crippen LogP) is 5.81. The molecule has 0 aromatic heterocycles. The van der Waals surface area contributed by atoms with Crippen LogP contribution in [0.1, 0.15) is 48.3 Å². The number of hydrogen-bond donors (Lipinski definition) is 1. The summed E-state index contributed by atoms with van der Waals surface area (Å²) in [6.45, 7) is 2.01. The number of dihydropyridines is 1. The fraction of sp³-hybridized carbons (Fsp3) is 0.250. The van der Waals surface area contributed by atoms with Crippen molar-refractivity contribution >= 4 is 11.8 Å². The summed E-state index contributed by atoms with van der Waals surface area (Å²) >= 11 is 0. The summed E-state index contributed by atoms with van der Waals surface area (Å²) in [7, 11) is 3.15. The summed E-state index contributed by atoms with van der Waals surface area (Å²) < 4.78 is 16.8. The number of nitrogens with one attached hydrogen (secondary N) is 1. The average molecular weight is 510 g/mol. The van der Waals surface area contributed by atoms with Crippen LogP contribution in [0.15, 0.2) is 101 Å². The van der Waals surface area contributed by atoms with Crippen LogP contribution in [0.4, 0.5) is 0 Å². The SMILES string of the molecule is COc1ccc(C2C(C(=O)OCc3ccccc3)=C(C)NC3=C2C(=O)CC(c2ccccc2)C3)cc1OC. The quantitative estimate of drug-likeness (QED) is 0.405. The molecule has 0 amide bonds. The van der Waals surface area contributed by atoms with E-state index in [0.29, 0.717) is 41.2 Å². The van der Waals surface area contributed by atoms with E-state index < -0.39 is 11.9 Å². The van der Waals surface area contributed by atoms with Gasteiger partial charge in [0, 0.05) is 29.3 Å². The molecule has 0 radical (unpaired) electrons. The lowest BCUT2D eigenvalue weighted by Crippen LogP contribution is -2.36. The first-order valence-electron chi connectivity index (χ1n) is 12.7. The normalized spacial score (nSPS) is 19.0. The standard InChI is InChI=1S/C32H31NO5/c1-20-29(32(35)38-19-21-10-6-4-7-11-21)30(23-14-15-27(36-2)28(18-23)37-3)31-25(33-20)16-24(17-26(31)34)22-12-8-5-9-13-22/h4-15,18,24,30,33H,16-17,19H2,1-3H3. The molecule has 0 saturated heterocycles. The lowest BCUT2D eigenvalue weighted by atomic mass is 9.71. The van der Waals surface area contributed by atoms with Gasteiger partial charge in [-0.15, -0.1) is 0 Å². The van der Waals surface area contributed by atoms with Crippen LogP contribution in [-0.4, -0.2) is 26.0 Å². The number of ether oxygens (including phenoxy) is 3. The average Bonchev–Trinajstić information content (AvgIpc) is 2.95. The van der Waals surface area contributed by atoms with E-state index in [1.54, 1.807) is 20.3 Å². The largest absolute Gasteiger partial charge is 0.493 e. The van der Waals surface area contributed by atoms with E-state index in [2.05, 4.69) is 17.4 Å². The van der Waals surface area contributed by atoms with Crippen LogP contribution in [0.25, 0.3) is 0 Å². The molecule has 2 aliphatic rings. The highest BCUT2D eigenvalue weighted by molar-refractivity contribution is 6.04. The van der Waals surface area contributed by atoms with Gasteiger partial charge in [0.2, 0.25) is 0 Å². The summed E-state index contributed by atoms with van der Waals surface area (Å²) in [6.07, 6.45) is 1.05. The zero-order valence-corrected chi connectivity index (χ0v) is 21.8. The number of allylic oxidation sites excluding steroid dienone is 3. The zero-order valence-electron chi connectivity index (χ0n) is 21.8. The first kappa shape index (κ1) is 25.3. The van der Waals surface area contributed by atoms with E-state index >= 15 is 0 Å². The van der Waals surface area contributed by atoms with Crippen molar-refractivity contribution in [3.8, 4) is 11.5 Å². The van der Waals surface area contributed by atoms with Crippen LogP contribution in [0, 0.1) is 0 Å². The second-order valence-corrected chi connectivity index (χ2v) is 9.60. The van der Waals surface area contributed by atoms with Gasteiger partial charge in [-0.2, -0.15) is 0 Å². The second kappa shape index (κ2) is 11.0. The highest BCUT2D eigenvalue weighted by atomic mass is 16.5. The summed E-state index contributed by atoms with van der Waals surface area (Å²) in [5.41, 5.74) is 5.38. The van der Waals surface area contributed by atoms with Crippen molar-refractivity contribution in [2.75, 3.05) is 14.2 Å². The molecule has 0 bridgehead atoms. The Balaban J connectivity index is 1.55. The van der Waals surface area contributed by atoms with Gasteiger partial charge in [-0.25, -0.2) is 4.79 Å². The first-order valence-corrected chi connectivity index (χ1v) is 12.7. The molecular weight excluding hydrogens is 478 g/mol. The van der Waals surface area contributed by atoms with Gasteiger partial charge >= 0.3 is 5.97 Å². The van der Waals surface area contributed by atoms with Gasteiger partial charge in [0.1, 0.15) is 6.61 Å². The summed E-state index contributed by atoms with van der Waals surface area (Å²) in [5.74, 6) is 0.161. The van der Waals surface area contributed by atoms with E-state index in [1.165, 1.54) is 0 Å². The first-order chi connectivity index (χ1) is 18.5. The number of carbonyl (C=O) groups excluding carboxylic acids is 2. The molecule has 6 heteroatoms. The Kier molecular flexibility index (Phi) is 7.31. The lowest BCUT2D eigenvalue weighted by molar-refractivity contribution is -0.140. The van der Waals surface area contributed by atoms with Crippen molar-refractivity contribution in [2.24, 2.45) is 0 Å². The maximum atomic E-state index is 13.8. The molecule has 2 atom stereocenters. The molecule has 1 N–H and O–H groups in total. The summed E-state index contributed by atoms with van der Waals surface area (Å²) in [4.78, 5) is 27.4. The van der Waals surface area contributed by atoms with Crippen molar-refractivity contribution < 1.29 is 23.8 Å². The summed E-state index contributed by atoms with van der Waals surface area (Å²) in [5, 5.41) is 3.41. The number of methoxy groups -OCH3 is 2. The van der Waals surface area contributed by atoms with Crippen molar-refractivity contribution in [3.05, 3.63) is 118 Å². The third-order valence-corrected chi connectivity index (χ3v) is 7.27. The number of rotatable bonds is 7. The van der Waals surface area contributed by atoms with Gasteiger partial charge in [-0.3, -0.25) is 4.79 Å². The molecule has 3 aromatic rings. The number of benzene rings is 3. The Morgan fingerprint density at radius 3 is 2.24 bits per heavy atom. The number of Topliss-reactive ketones (excluding diaryl/α,β-unsaturated/α-hetero) is 1. The summed E-state index contributed by atoms with van der Waals surface area (Å²) in [6, 6.07) is 25.2. The molecule has 0 spiro atoms. The van der Waals surface area contributed by atoms with Gasteiger partial charge in [-0.1, -0.05) is 66.7 Å². The molecule has 3 aromatic carbocycles. The van der Waals surface area contributed by atoms with E-state index in [-0.39, 0.29) is 18.3 Å². The third-order valence-electron chi connectivity index (χ3n) is 7.27. The maximum Gasteiger partial charge on any atom is 0.337 e. The molecule has 1 heterocycles. The number of hydrogen-bond acceptors (Lipinski definition) is 6. The molecule has 0 saturated carbocycles. The zero-order chi connectivity index (χ0) is 26.6. The van der Waals surface area contributed by atoms with Crippen molar-refractivity contribution in [3.63, 3.8) is 0 Å². The maximum absolute atomic E-state index is 13.8. The van der Waals surface area contributed by atoms with Gasteiger partial charge in [0.05, 0.1) is 19.8 Å². The van der Waals surface area contributed by atoms with Crippen molar-refractivity contribution in [1.29, 1.82) is 0 Å². The van der Waals surface area contributed by atoms with Gasteiger partial charge < -0.3 is 19.5 Å². The van der Waals surface area contributed by atoms with Crippen LogP contribution in [0.2, 0.25) is 0 Å². The van der Waals surface area contributed by atoms with E-state index in [4.69, 9.17) is 14.2 Å². The van der Waals surface area contributed by atoms with Crippen molar-refractivity contribution in [2.45, 2.75) is 38.2 Å². The minimum atomic E-state index is -0.585. The third kappa shape index (κ3) is 4.94. The molecule has 2 unspecified atom stereocenters. The minimum absolute atomic E-state index is 0.0215. The molecular formula is C32H31NO5. The molecule has 1 aliphatic carbocycles. The monoisotopic (exact) mass is 509 g/mol. The van der Waals surface area contributed by atoms with Gasteiger partial charge in [-0.05, 0) is 48.1 Å². The highest BCUT2D eigenvalue weighted by Gasteiger charge is 2.41. The Labute approximate surface area is 222 Å². The molecule has 1 aliphatic heterocycles. The fourth-order valence-corrected chi connectivity index (χ4v) is 5.44. The fourth-order valence-electron chi connectivity index (χ4n) is 5.44. The Morgan fingerprint density at radius 2 is 1.55 bits per heavy atom. The van der Waals surface area contributed by atoms with Crippen molar-refractivity contribution in [1.82, 2.24) is 5.32 Å². The second-order valence-electron chi connectivity index (χ2n) is 9.60. The topological polar surface area (TPSA) is 73.9 Å². The van der Waals surface area contributed by atoms with Crippen LogP contribution >= 0.6 is 0 Å². The van der Waals surface area contributed by atoms with E-state index in [0.717, 1.165) is 22.4 Å². The van der Waals surface area contributed by atoms with E-state index in [1.807, 2.05) is 67.6 Å². The Morgan fingerprint density at radius 1 is 0.868 bits per heavy atom. The van der Waals surface area contributed by atoms with Crippen LogP contribution in [-0.2, 0) is 20.9 Å². The smallest absolute Gasteiger partial charge is 0.337 e. The van der Waals surface area contributed by atoms with E-state index in [9.17, 15) is 9.59 Å². The predicted molar refractivity (Wildman–Crippen MR) is 145 cm³/mol. The molecule has 38 heavy (non-hydrogen) atoms. The molecule has 5 rings (SSSR count). The van der Waals surface area contributed by atoms with Crippen LogP contribution in [0.5, 0.6) is 11.5 Å². The van der Waals surface area contributed by atoms with Crippen LogP contribution < -0.4 is 14.8 Å². The minimum Gasteiger partial charge on any atom is -0.493 e. The highest BCUT2D eigenvalue weighted by Crippen LogP contribution is 2.47. The molecule has 0 fully saturated rings. The number of carbonyl (C=O) groups is 2. The Bertz CT molecular complexity index is 1410. The van der Waals surface area contributed by atoms with Gasteiger partial charge in [0.15, 0.2) is 17.3 Å². The number of esters is 1. The number of ketones is 1. The Hall–Kier alpha value is -4.32. The van der Waals surface area contributed by atoms with Crippen LogP contribution in [0.3, 0.4) is 0 Å². The van der Waals surface area contributed by atoms with Gasteiger partial charge in [0.25, 0.3) is 0 Å². The molecule has 194 valence electrons. The lowest BCUT2D eigenvalue weighted by Gasteiger charge is -2.36. The molecule has 6 nitrogen and oxygen atoms in total.